The summed E-state index contributed by atoms with van der Waals surface area (Å²) in [5.41, 5.74) is 0.787. The zero-order valence-electron chi connectivity index (χ0n) is 19.9. The summed E-state index contributed by atoms with van der Waals surface area (Å²) in [4.78, 5) is 30.5. The molecule has 2 aliphatic heterocycles. The molecular formula is C27H25N3O5S. The zero-order chi connectivity index (χ0) is 24.9. The molecule has 0 fully saturated rings. The maximum Gasteiger partial charge on any atom is 0.275 e. The average Bonchev–Trinajstić information content (AvgIpc) is 3.50. The lowest BCUT2D eigenvalue weighted by Gasteiger charge is -2.44. The summed E-state index contributed by atoms with van der Waals surface area (Å²) >= 11 is 1.56. The Balaban J connectivity index is 1.41. The number of thiophene rings is 1. The molecule has 2 aromatic heterocycles. The summed E-state index contributed by atoms with van der Waals surface area (Å²) in [6.45, 7) is 3.29. The Morgan fingerprint density at radius 3 is 2.75 bits per heavy atom. The largest absolute Gasteiger partial charge is 0.496 e. The first-order valence-electron chi connectivity index (χ1n) is 11.7. The minimum absolute atomic E-state index is 0.240. The lowest BCUT2D eigenvalue weighted by atomic mass is 9.93. The second-order valence-electron chi connectivity index (χ2n) is 9.03. The molecule has 4 heterocycles. The standard InChI is InChI=1S/C27H25N3O5S/c1-27(26(32)28-15-18-5-3-4-6-21(18)33-2)16-29-20(13-17-9-12-36-25(17)29)24(31)30(27)19-7-8-22-23(14-19)35-11-10-34-22/h3-9,12-14H,10-11,15-16H2,1-2H3,(H,28,32)/t27-/m1/s1. The molecule has 0 bridgehead atoms. The molecule has 2 amide bonds. The van der Waals surface area contributed by atoms with E-state index < -0.39 is 5.54 Å². The molecule has 0 radical (unpaired) electrons. The van der Waals surface area contributed by atoms with Gasteiger partial charge in [-0.15, -0.1) is 11.3 Å². The maximum atomic E-state index is 14.0. The number of amides is 2. The summed E-state index contributed by atoms with van der Waals surface area (Å²) in [5, 5.41) is 6.04. The van der Waals surface area contributed by atoms with E-state index in [2.05, 4.69) is 5.32 Å². The number of carbonyl (C=O) groups excluding carboxylic acids is 2. The third-order valence-electron chi connectivity index (χ3n) is 6.79. The minimum atomic E-state index is -1.20. The number of fused-ring (bicyclic) bond motifs is 4. The lowest BCUT2D eigenvalue weighted by Crippen LogP contribution is -2.64. The summed E-state index contributed by atoms with van der Waals surface area (Å²) in [5.74, 6) is 1.38. The molecule has 0 saturated heterocycles. The van der Waals surface area contributed by atoms with Gasteiger partial charge in [0.15, 0.2) is 11.5 Å². The minimum Gasteiger partial charge on any atom is -0.496 e. The number of carbonyl (C=O) groups is 2. The van der Waals surface area contributed by atoms with Gasteiger partial charge in [0.1, 0.15) is 35.0 Å². The van der Waals surface area contributed by atoms with Crippen LogP contribution in [0.5, 0.6) is 17.2 Å². The number of aromatic nitrogens is 1. The van der Waals surface area contributed by atoms with Crippen molar-refractivity contribution in [3.63, 3.8) is 0 Å². The van der Waals surface area contributed by atoms with Crippen molar-refractivity contribution in [2.75, 3.05) is 25.2 Å². The van der Waals surface area contributed by atoms with Gasteiger partial charge < -0.3 is 24.1 Å². The highest BCUT2D eigenvalue weighted by atomic mass is 32.1. The van der Waals surface area contributed by atoms with Crippen LogP contribution in [0.1, 0.15) is 23.0 Å². The Morgan fingerprint density at radius 2 is 1.92 bits per heavy atom. The third kappa shape index (κ3) is 3.50. The molecule has 1 N–H and O–H groups in total. The molecule has 1 atom stereocenters. The van der Waals surface area contributed by atoms with E-state index in [4.69, 9.17) is 14.2 Å². The fourth-order valence-electron chi connectivity index (χ4n) is 4.99. The highest BCUT2D eigenvalue weighted by Crippen LogP contribution is 2.41. The van der Waals surface area contributed by atoms with E-state index in [1.807, 2.05) is 53.3 Å². The second kappa shape index (κ2) is 8.60. The first-order valence-corrected chi connectivity index (χ1v) is 12.6. The van der Waals surface area contributed by atoms with E-state index in [0.29, 0.717) is 48.4 Å². The molecular weight excluding hydrogens is 478 g/mol. The van der Waals surface area contributed by atoms with Crippen molar-refractivity contribution < 1.29 is 23.8 Å². The van der Waals surface area contributed by atoms with E-state index in [0.717, 1.165) is 15.8 Å². The number of nitrogens with one attached hydrogen (secondary N) is 1. The van der Waals surface area contributed by atoms with Crippen molar-refractivity contribution in [3.05, 3.63) is 71.2 Å². The van der Waals surface area contributed by atoms with E-state index in [1.165, 1.54) is 0 Å². The van der Waals surface area contributed by atoms with Gasteiger partial charge in [0.05, 0.1) is 13.7 Å². The van der Waals surface area contributed by atoms with Crippen LogP contribution in [0.25, 0.3) is 10.2 Å². The fourth-order valence-corrected chi connectivity index (χ4v) is 5.88. The molecule has 184 valence electrons. The van der Waals surface area contributed by atoms with Crippen LogP contribution >= 0.6 is 11.3 Å². The molecule has 0 saturated carbocycles. The molecule has 0 aliphatic carbocycles. The number of para-hydroxylation sites is 1. The Morgan fingerprint density at radius 1 is 1.11 bits per heavy atom. The number of ether oxygens (including phenoxy) is 3. The van der Waals surface area contributed by atoms with Gasteiger partial charge in [-0.2, -0.15) is 0 Å². The van der Waals surface area contributed by atoms with Crippen LogP contribution in [0.4, 0.5) is 5.69 Å². The predicted molar refractivity (Wildman–Crippen MR) is 137 cm³/mol. The molecule has 36 heavy (non-hydrogen) atoms. The number of rotatable bonds is 5. The van der Waals surface area contributed by atoms with E-state index >= 15 is 0 Å². The van der Waals surface area contributed by atoms with Crippen molar-refractivity contribution in [3.8, 4) is 17.2 Å². The number of anilines is 1. The molecule has 8 nitrogen and oxygen atoms in total. The van der Waals surface area contributed by atoms with Crippen molar-refractivity contribution >= 4 is 39.1 Å². The monoisotopic (exact) mass is 503 g/mol. The van der Waals surface area contributed by atoms with Crippen LogP contribution in [0.2, 0.25) is 0 Å². The van der Waals surface area contributed by atoms with Crippen LogP contribution in [-0.4, -0.2) is 42.2 Å². The van der Waals surface area contributed by atoms with Crippen LogP contribution in [-0.2, 0) is 17.9 Å². The van der Waals surface area contributed by atoms with Crippen molar-refractivity contribution in [2.24, 2.45) is 0 Å². The van der Waals surface area contributed by atoms with E-state index in [1.54, 1.807) is 41.5 Å². The Hall–Kier alpha value is -3.98. The summed E-state index contributed by atoms with van der Waals surface area (Å²) < 4.78 is 18.8. The zero-order valence-corrected chi connectivity index (χ0v) is 20.8. The number of hydrogen-bond acceptors (Lipinski definition) is 6. The first kappa shape index (κ1) is 22.5. The van der Waals surface area contributed by atoms with Gasteiger partial charge in [-0.1, -0.05) is 18.2 Å². The van der Waals surface area contributed by atoms with Crippen LogP contribution < -0.4 is 24.4 Å². The number of nitrogens with zero attached hydrogens (tertiary/aromatic N) is 2. The Bertz CT molecular complexity index is 1490. The van der Waals surface area contributed by atoms with Gasteiger partial charge in [0.2, 0.25) is 5.91 Å². The van der Waals surface area contributed by atoms with Gasteiger partial charge in [-0.05, 0) is 42.6 Å². The van der Waals surface area contributed by atoms with E-state index in [-0.39, 0.29) is 18.4 Å². The molecule has 2 aromatic carbocycles. The van der Waals surface area contributed by atoms with Crippen LogP contribution in [0, 0.1) is 0 Å². The second-order valence-corrected chi connectivity index (χ2v) is 9.93. The average molecular weight is 504 g/mol. The normalized spacial score (nSPS) is 18.7. The van der Waals surface area contributed by atoms with Crippen LogP contribution in [0.3, 0.4) is 0 Å². The summed E-state index contributed by atoms with van der Waals surface area (Å²) in [6.07, 6.45) is 0. The van der Waals surface area contributed by atoms with Gasteiger partial charge in [-0.25, -0.2) is 0 Å². The molecule has 2 aliphatic rings. The quantitative estimate of drug-likeness (QED) is 0.441. The topological polar surface area (TPSA) is 82.0 Å². The predicted octanol–water partition coefficient (Wildman–Crippen LogP) is 4.22. The number of hydrogen-bond donors (Lipinski definition) is 1. The van der Waals surface area contributed by atoms with Crippen molar-refractivity contribution in [1.29, 1.82) is 0 Å². The van der Waals surface area contributed by atoms with Gasteiger partial charge in [0, 0.05) is 29.2 Å². The van der Waals surface area contributed by atoms with Crippen molar-refractivity contribution in [2.45, 2.75) is 25.6 Å². The smallest absolute Gasteiger partial charge is 0.275 e. The van der Waals surface area contributed by atoms with Gasteiger partial charge >= 0.3 is 0 Å². The number of methoxy groups -OCH3 is 1. The number of benzene rings is 2. The van der Waals surface area contributed by atoms with Crippen LogP contribution in [0.15, 0.2) is 60.0 Å². The lowest BCUT2D eigenvalue weighted by molar-refractivity contribution is -0.126. The Labute approximate surface area is 212 Å². The highest BCUT2D eigenvalue weighted by molar-refractivity contribution is 7.16. The van der Waals surface area contributed by atoms with Gasteiger partial charge in [-0.3, -0.25) is 14.5 Å². The molecule has 0 unspecified atom stereocenters. The van der Waals surface area contributed by atoms with E-state index in [9.17, 15) is 9.59 Å². The molecule has 6 rings (SSSR count). The van der Waals surface area contributed by atoms with Crippen molar-refractivity contribution in [1.82, 2.24) is 9.88 Å². The highest BCUT2D eigenvalue weighted by Gasteiger charge is 2.49. The van der Waals surface area contributed by atoms with Gasteiger partial charge in [0.25, 0.3) is 5.91 Å². The third-order valence-corrected chi connectivity index (χ3v) is 7.74. The summed E-state index contributed by atoms with van der Waals surface area (Å²) in [7, 11) is 1.60. The fraction of sp³-hybridized carbons (Fsp3) is 0.259. The summed E-state index contributed by atoms with van der Waals surface area (Å²) in [6, 6.07) is 16.8. The Kier molecular flexibility index (Phi) is 5.37. The molecule has 0 spiro atoms. The molecule has 4 aromatic rings. The molecule has 9 heteroatoms. The first-order chi connectivity index (χ1) is 17.5. The maximum absolute atomic E-state index is 14.0. The SMILES string of the molecule is COc1ccccc1CNC(=O)[C@@]1(C)Cn2c(cc3ccsc32)C(=O)N1c1ccc2c(c1)OCCO2.